The number of aromatic nitrogens is 4. The number of benzene rings is 2. The van der Waals surface area contributed by atoms with Gasteiger partial charge in [0.15, 0.2) is 16.6 Å². The summed E-state index contributed by atoms with van der Waals surface area (Å²) >= 11 is 1.17. The zero-order chi connectivity index (χ0) is 23.4. The Balaban J connectivity index is 1.57. The normalized spacial score (nSPS) is 12.0. The number of para-hydroxylation sites is 1. The molecular formula is C24H24N4O4S. The molecule has 170 valence electrons. The first-order valence-electron chi connectivity index (χ1n) is 10.5. The van der Waals surface area contributed by atoms with Gasteiger partial charge in [0.2, 0.25) is 0 Å². The molecular weight excluding hydrogens is 440 g/mol. The number of thioether (sulfide) groups is 1. The highest BCUT2D eigenvalue weighted by Gasteiger charge is 2.16. The number of carbonyl (C=O) groups excluding carboxylic acids is 1. The molecule has 1 N–H and O–H groups in total. The number of ether oxygens (including phenoxy) is 2. The fourth-order valence-electron chi connectivity index (χ4n) is 3.33. The number of hydrogen-bond acceptors (Lipinski definition) is 7. The lowest BCUT2D eigenvalue weighted by Crippen LogP contribution is -2.14. The van der Waals surface area contributed by atoms with Crippen LogP contribution in [-0.4, -0.2) is 38.4 Å². The zero-order valence-electron chi connectivity index (χ0n) is 18.6. The van der Waals surface area contributed by atoms with E-state index in [1.165, 1.54) is 22.3 Å². The summed E-state index contributed by atoms with van der Waals surface area (Å²) in [5.74, 6) is 1.62. The number of methoxy groups -OCH3 is 1. The monoisotopic (exact) mass is 464 g/mol. The number of H-pyrrole nitrogens is 1. The molecule has 0 fully saturated rings. The Labute approximate surface area is 195 Å². The average Bonchev–Trinajstić information content (AvgIpc) is 3.22. The van der Waals surface area contributed by atoms with E-state index in [1.807, 2.05) is 42.5 Å². The second-order valence-corrected chi connectivity index (χ2v) is 8.42. The van der Waals surface area contributed by atoms with Crippen LogP contribution in [0.1, 0.15) is 31.7 Å². The van der Waals surface area contributed by atoms with Crippen molar-refractivity contribution in [1.29, 1.82) is 0 Å². The molecule has 2 aromatic heterocycles. The summed E-state index contributed by atoms with van der Waals surface area (Å²) < 4.78 is 12.3. The Morgan fingerprint density at radius 2 is 1.91 bits per heavy atom. The van der Waals surface area contributed by atoms with Gasteiger partial charge >= 0.3 is 5.97 Å². The van der Waals surface area contributed by atoms with Crippen molar-refractivity contribution in [3.63, 3.8) is 0 Å². The molecule has 0 bridgehead atoms. The van der Waals surface area contributed by atoms with Crippen molar-refractivity contribution < 1.29 is 14.3 Å². The van der Waals surface area contributed by atoms with Crippen LogP contribution in [0.25, 0.3) is 17.0 Å². The molecule has 0 aliphatic heterocycles. The van der Waals surface area contributed by atoms with Gasteiger partial charge in [0, 0.05) is 11.6 Å². The summed E-state index contributed by atoms with van der Waals surface area (Å²) in [4.78, 5) is 33.6. The average molecular weight is 465 g/mol. The van der Waals surface area contributed by atoms with Crippen molar-refractivity contribution in [2.75, 3.05) is 12.9 Å². The molecule has 0 saturated carbocycles. The van der Waals surface area contributed by atoms with Gasteiger partial charge in [-0.3, -0.25) is 14.7 Å². The molecule has 0 aliphatic rings. The third-order valence-corrected chi connectivity index (χ3v) is 6.19. The van der Waals surface area contributed by atoms with Crippen LogP contribution in [0.5, 0.6) is 11.5 Å². The van der Waals surface area contributed by atoms with Crippen molar-refractivity contribution >= 4 is 23.4 Å². The molecule has 2 aromatic carbocycles. The highest BCUT2D eigenvalue weighted by atomic mass is 32.2. The Bertz CT molecular complexity index is 1330. The van der Waals surface area contributed by atoms with Crippen molar-refractivity contribution in [3.8, 4) is 22.9 Å². The quantitative estimate of drug-likeness (QED) is 0.236. The number of nitrogens with one attached hydrogen (secondary N) is 1. The van der Waals surface area contributed by atoms with E-state index in [9.17, 15) is 9.59 Å². The lowest BCUT2D eigenvalue weighted by molar-refractivity contribution is -0.131. The maximum atomic E-state index is 12.6. The Kier molecular flexibility index (Phi) is 6.79. The van der Waals surface area contributed by atoms with E-state index >= 15 is 0 Å². The van der Waals surface area contributed by atoms with Crippen molar-refractivity contribution in [2.45, 2.75) is 31.3 Å². The van der Waals surface area contributed by atoms with Crippen LogP contribution in [0.2, 0.25) is 0 Å². The second kappa shape index (κ2) is 9.91. The number of fused-ring (bicyclic) bond motifs is 1. The number of carbonyl (C=O) groups is 1. The Morgan fingerprint density at radius 1 is 1.15 bits per heavy atom. The summed E-state index contributed by atoms with van der Waals surface area (Å²) in [6.45, 7) is 4.19. The van der Waals surface area contributed by atoms with Gasteiger partial charge < -0.3 is 9.47 Å². The SMILES string of the molecule is CC[C@H](C)c1ccccc1OC(=O)CSc1nc(-c2ccc(OC)cc2)nc2cc(=O)[nH]n12. The van der Waals surface area contributed by atoms with E-state index in [0.29, 0.717) is 28.1 Å². The van der Waals surface area contributed by atoms with E-state index < -0.39 is 5.97 Å². The standard InChI is InChI=1S/C24H24N4O4S/c1-4-15(2)18-7-5-6-8-19(18)32-22(30)14-33-24-26-23(16-9-11-17(31-3)12-10-16)25-20-13-21(29)27-28(20)24/h5-13,15H,4,14H2,1-3H3,(H,27,29)/t15-/m0/s1. The molecule has 0 amide bonds. The maximum absolute atomic E-state index is 12.6. The van der Waals surface area contributed by atoms with Gasteiger partial charge in [0.25, 0.3) is 5.56 Å². The highest BCUT2D eigenvalue weighted by Crippen LogP contribution is 2.29. The van der Waals surface area contributed by atoms with Crippen molar-refractivity contribution in [3.05, 3.63) is 70.5 Å². The van der Waals surface area contributed by atoms with Crippen LogP contribution < -0.4 is 15.0 Å². The van der Waals surface area contributed by atoms with E-state index in [4.69, 9.17) is 9.47 Å². The molecule has 4 aromatic rings. The van der Waals surface area contributed by atoms with Gasteiger partial charge in [-0.25, -0.2) is 14.5 Å². The number of nitrogens with zero attached hydrogens (tertiary/aromatic N) is 3. The third-order valence-electron chi connectivity index (χ3n) is 5.28. The van der Waals surface area contributed by atoms with Gasteiger partial charge in [0.05, 0.1) is 12.9 Å². The van der Waals surface area contributed by atoms with E-state index in [1.54, 1.807) is 13.2 Å². The molecule has 0 unspecified atom stereocenters. The van der Waals surface area contributed by atoms with Gasteiger partial charge in [-0.2, -0.15) is 0 Å². The topological polar surface area (TPSA) is 98.6 Å². The molecule has 8 nitrogen and oxygen atoms in total. The molecule has 33 heavy (non-hydrogen) atoms. The highest BCUT2D eigenvalue weighted by molar-refractivity contribution is 7.99. The fraction of sp³-hybridized carbons (Fsp3) is 0.250. The minimum atomic E-state index is -0.400. The number of hydrogen-bond donors (Lipinski definition) is 1. The number of rotatable bonds is 8. The molecule has 0 saturated heterocycles. The summed E-state index contributed by atoms with van der Waals surface area (Å²) in [5.41, 5.74) is 1.88. The van der Waals surface area contributed by atoms with Crippen LogP contribution >= 0.6 is 11.8 Å². The van der Waals surface area contributed by atoms with Gasteiger partial charge in [-0.05, 0) is 48.2 Å². The molecule has 0 spiro atoms. The molecule has 1 atom stereocenters. The van der Waals surface area contributed by atoms with Gasteiger partial charge in [-0.15, -0.1) is 0 Å². The molecule has 0 radical (unpaired) electrons. The van der Waals surface area contributed by atoms with Crippen LogP contribution in [0.3, 0.4) is 0 Å². The molecule has 4 rings (SSSR count). The van der Waals surface area contributed by atoms with Crippen LogP contribution in [0.4, 0.5) is 0 Å². The smallest absolute Gasteiger partial charge is 0.321 e. The number of aromatic amines is 1. The lowest BCUT2D eigenvalue weighted by atomic mass is 9.98. The third kappa shape index (κ3) is 5.09. The first kappa shape index (κ1) is 22.6. The first-order chi connectivity index (χ1) is 16.0. The van der Waals surface area contributed by atoms with E-state index in [0.717, 1.165) is 17.5 Å². The predicted octanol–water partition coefficient (Wildman–Crippen LogP) is 4.30. The van der Waals surface area contributed by atoms with E-state index in [2.05, 4.69) is 28.9 Å². The summed E-state index contributed by atoms with van der Waals surface area (Å²) in [6.07, 6.45) is 0.942. The van der Waals surface area contributed by atoms with Gasteiger partial charge in [-0.1, -0.05) is 43.8 Å². The summed E-state index contributed by atoms with van der Waals surface area (Å²) in [7, 11) is 1.60. The van der Waals surface area contributed by atoms with E-state index in [-0.39, 0.29) is 17.2 Å². The lowest BCUT2D eigenvalue weighted by Gasteiger charge is -2.14. The predicted molar refractivity (Wildman–Crippen MR) is 127 cm³/mol. The Morgan fingerprint density at radius 3 is 2.64 bits per heavy atom. The number of esters is 1. The molecule has 2 heterocycles. The van der Waals surface area contributed by atoms with Crippen LogP contribution in [0, 0.1) is 0 Å². The first-order valence-corrected chi connectivity index (χ1v) is 11.5. The minimum Gasteiger partial charge on any atom is -0.497 e. The zero-order valence-corrected chi connectivity index (χ0v) is 19.4. The fourth-order valence-corrected chi connectivity index (χ4v) is 4.05. The van der Waals surface area contributed by atoms with Gasteiger partial charge in [0.1, 0.15) is 11.5 Å². The Hall–Kier alpha value is -3.59. The van der Waals surface area contributed by atoms with Crippen molar-refractivity contribution in [2.24, 2.45) is 0 Å². The summed E-state index contributed by atoms with van der Waals surface area (Å²) in [6, 6.07) is 16.3. The second-order valence-electron chi connectivity index (χ2n) is 7.48. The van der Waals surface area contributed by atoms with Crippen LogP contribution in [-0.2, 0) is 4.79 Å². The largest absolute Gasteiger partial charge is 0.497 e. The minimum absolute atomic E-state index is 0.0171. The van der Waals surface area contributed by atoms with Crippen molar-refractivity contribution in [1.82, 2.24) is 19.6 Å². The van der Waals surface area contributed by atoms with Crippen LogP contribution in [0.15, 0.2) is 64.5 Å². The summed E-state index contributed by atoms with van der Waals surface area (Å²) in [5, 5.41) is 3.10. The maximum Gasteiger partial charge on any atom is 0.321 e. The molecule has 9 heteroatoms. The molecule has 0 aliphatic carbocycles.